The number of aliphatic hydroxyl groups is 1. The van der Waals surface area contributed by atoms with Crippen LogP contribution in [0.5, 0.6) is 0 Å². The molecule has 0 unspecified atom stereocenters. The van der Waals surface area contributed by atoms with Gasteiger partial charge in [-0.05, 0) is 31.1 Å². The molecule has 17 heavy (non-hydrogen) atoms. The van der Waals surface area contributed by atoms with Crippen LogP contribution < -0.4 is 5.32 Å². The van der Waals surface area contributed by atoms with E-state index in [2.05, 4.69) is 5.32 Å². The highest BCUT2D eigenvalue weighted by molar-refractivity contribution is 5.91. The Labute approximate surface area is 101 Å². The van der Waals surface area contributed by atoms with Gasteiger partial charge in [0.2, 0.25) is 5.91 Å². The summed E-state index contributed by atoms with van der Waals surface area (Å²) in [5, 5.41) is 11.8. The lowest BCUT2D eigenvalue weighted by atomic mass is 10.1. The van der Waals surface area contributed by atoms with Gasteiger partial charge in [0.05, 0.1) is 12.6 Å². The predicted molar refractivity (Wildman–Crippen MR) is 66.3 cm³/mol. The van der Waals surface area contributed by atoms with Crippen LogP contribution in [-0.2, 0) is 4.79 Å². The average Bonchev–Trinajstić information content (AvgIpc) is 2.68. The molecule has 0 saturated heterocycles. The van der Waals surface area contributed by atoms with Crippen LogP contribution in [0.4, 0.5) is 0 Å². The predicted octanol–water partition coefficient (Wildman–Crippen LogP) is 1.73. The number of hydrogen-bond donors (Lipinski definition) is 2. The van der Waals surface area contributed by atoms with E-state index in [-0.39, 0.29) is 24.5 Å². The average molecular weight is 237 g/mol. The molecular weight excluding hydrogens is 218 g/mol. The molecule has 1 aromatic heterocycles. The third-order valence-electron chi connectivity index (χ3n) is 2.49. The second-order valence-corrected chi connectivity index (χ2v) is 4.32. The van der Waals surface area contributed by atoms with Crippen molar-refractivity contribution in [3.05, 3.63) is 29.7 Å². The van der Waals surface area contributed by atoms with Gasteiger partial charge in [-0.1, -0.05) is 13.8 Å². The summed E-state index contributed by atoms with van der Waals surface area (Å²) in [6.07, 6.45) is 3.01. The monoisotopic (exact) mass is 237 g/mol. The van der Waals surface area contributed by atoms with Crippen molar-refractivity contribution in [1.29, 1.82) is 0 Å². The first-order valence-electron chi connectivity index (χ1n) is 5.68. The number of hydrogen-bond acceptors (Lipinski definition) is 3. The Morgan fingerprint density at radius 1 is 1.53 bits per heavy atom. The molecule has 1 amide bonds. The van der Waals surface area contributed by atoms with Crippen LogP contribution in [0.2, 0.25) is 0 Å². The van der Waals surface area contributed by atoms with Crippen LogP contribution in [-0.4, -0.2) is 23.7 Å². The van der Waals surface area contributed by atoms with Gasteiger partial charge in [-0.15, -0.1) is 0 Å². The van der Waals surface area contributed by atoms with E-state index in [1.165, 1.54) is 6.08 Å². The minimum atomic E-state index is -0.230. The van der Waals surface area contributed by atoms with Crippen LogP contribution in [0.3, 0.4) is 0 Å². The highest BCUT2D eigenvalue weighted by atomic mass is 16.3. The molecule has 0 bridgehead atoms. The summed E-state index contributed by atoms with van der Waals surface area (Å²) < 4.78 is 5.30. The molecule has 1 rings (SSSR count). The fourth-order valence-electron chi connectivity index (χ4n) is 1.35. The zero-order chi connectivity index (χ0) is 12.8. The smallest absolute Gasteiger partial charge is 0.244 e. The highest BCUT2D eigenvalue weighted by Gasteiger charge is 2.13. The van der Waals surface area contributed by atoms with E-state index in [1.54, 1.807) is 12.1 Å². The normalized spacial score (nSPS) is 13.2. The van der Waals surface area contributed by atoms with Crippen molar-refractivity contribution < 1.29 is 14.3 Å². The summed E-state index contributed by atoms with van der Waals surface area (Å²) in [5.74, 6) is 1.42. The largest absolute Gasteiger partial charge is 0.462 e. The Morgan fingerprint density at radius 3 is 2.71 bits per heavy atom. The molecular formula is C13H19NO3. The van der Waals surface area contributed by atoms with Crippen LogP contribution in [0.1, 0.15) is 25.4 Å². The van der Waals surface area contributed by atoms with E-state index in [1.807, 2.05) is 26.8 Å². The molecule has 2 N–H and O–H groups in total. The highest BCUT2D eigenvalue weighted by Crippen LogP contribution is 2.08. The molecule has 0 aliphatic heterocycles. The summed E-state index contributed by atoms with van der Waals surface area (Å²) in [7, 11) is 0. The standard InChI is InChI=1S/C13H19NO3/c1-9(2)12(8-15)14-13(16)7-6-11-5-4-10(3)17-11/h4-7,9,12,15H,8H2,1-3H3,(H,14,16)/t12-/m1/s1. The van der Waals surface area contributed by atoms with Gasteiger partial charge in [0.25, 0.3) is 0 Å². The van der Waals surface area contributed by atoms with Crippen molar-refractivity contribution in [1.82, 2.24) is 5.32 Å². The lowest BCUT2D eigenvalue weighted by Gasteiger charge is -2.18. The van der Waals surface area contributed by atoms with Gasteiger partial charge in [-0.25, -0.2) is 0 Å². The molecule has 0 radical (unpaired) electrons. The second kappa shape index (κ2) is 6.25. The Morgan fingerprint density at radius 2 is 2.24 bits per heavy atom. The fraction of sp³-hybridized carbons (Fsp3) is 0.462. The zero-order valence-electron chi connectivity index (χ0n) is 10.4. The molecule has 4 nitrogen and oxygen atoms in total. The van der Waals surface area contributed by atoms with E-state index < -0.39 is 0 Å². The maximum Gasteiger partial charge on any atom is 0.244 e. The van der Waals surface area contributed by atoms with E-state index in [0.717, 1.165) is 5.76 Å². The lowest BCUT2D eigenvalue weighted by molar-refractivity contribution is -0.117. The first-order valence-corrected chi connectivity index (χ1v) is 5.68. The van der Waals surface area contributed by atoms with Gasteiger partial charge in [0.15, 0.2) is 0 Å². The maximum atomic E-state index is 11.5. The molecule has 1 atom stereocenters. The second-order valence-electron chi connectivity index (χ2n) is 4.32. The molecule has 0 aliphatic carbocycles. The molecule has 0 spiro atoms. The van der Waals surface area contributed by atoms with Crippen LogP contribution >= 0.6 is 0 Å². The number of aryl methyl sites for hydroxylation is 1. The number of carbonyl (C=O) groups is 1. The number of furan rings is 1. The van der Waals surface area contributed by atoms with Gasteiger partial charge >= 0.3 is 0 Å². The molecule has 94 valence electrons. The first kappa shape index (κ1) is 13.5. The number of aliphatic hydroxyl groups excluding tert-OH is 1. The maximum absolute atomic E-state index is 11.5. The number of nitrogens with one attached hydrogen (secondary N) is 1. The van der Waals surface area contributed by atoms with Crippen molar-refractivity contribution in [2.75, 3.05) is 6.61 Å². The van der Waals surface area contributed by atoms with Gasteiger partial charge in [-0.3, -0.25) is 4.79 Å². The quantitative estimate of drug-likeness (QED) is 0.767. The van der Waals surface area contributed by atoms with E-state index in [4.69, 9.17) is 9.52 Å². The number of amides is 1. The number of rotatable bonds is 5. The summed E-state index contributed by atoms with van der Waals surface area (Å²) in [6, 6.07) is 3.42. The van der Waals surface area contributed by atoms with Crippen LogP contribution in [0.15, 0.2) is 22.6 Å². The molecule has 1 aromatic rings. The Balaban J connectivity index is 2.52. The minimum absolute atomic E-state index is 0.0584. The minimum Gasteiger partial charge on any atom is -0.462 e. The number of carbonyl (C=O) groups excluding carboxylic acids is 1. The Hall–Kier alpha value is -1.55. The third kappa shape index (κ3) is 4.44. The summed E-state index contributed by atoms with van der Waals surface area (Å²) in [6.45, 7) is 5.68. The van der Waals surface area contributed by atoms with E-state index >= 15 is 0 Å². The first-order chi connectivity index (χ1) is 8.02. The summed E-state index contributed by atoms with van der Waals surface area (Å²) in [4.78, 5) is 11.5. The Bertz CT molecular complexity index is 393. The SMILES string of the molecule is Cc1ccc(C=CC(=O)N[C@H](CO)C(C)C)o1. The van der Waals surface area contributed by atoms with Crippen molar-refractivity contribution in [2.24, 2.45) is 5.92 Å². The van der Waals surface area contributed by atoms with E-state index in [0.29, 0.717) is 5.76 Å². The topological polar surface area (TPSA) is 62.5 Å². The summed E-state index contributed by atoms with van der Waals surface area (Å²) in [5.41, 5.74) is 0. The molecule has 4 heteroatoms. The molecule has 0 saturated carbocycles. The fourth-order valence-corrected chi connectivity index (χ4v) is 1.35. The van der Waals surface area contributed by atoms with Crippen LogP contribution in [0, 0.1) is 12.8 Å². The molecule has 0 aromatic carbocycles. The van der Waals surface area contributed by atoms with Crippen molar-refractivity contribution >= 4 is 12.0 Å². The van der Waals surface area contributed by atoms with Gasteiger partial charge in [-0.2, -0.15) is 0 Å². The van der Waals surface area contributed by atoms with Crippen molar-refractivity contribution in [3.63, 3.8) is 0 Å². The lowest BCUT2D eigenvalue weighted by Crippen LogP contribution is -2.40. The van der Waals surface area contributed by atoms with Gasteiger partial charge < -0.3 is 14.8 Å². The third-order valence-corrected chi connectivity index (χ3v) is 2.49. The van der Waals surface area contributed by atoms with Crippen molar-refractivity contribution in [2.45, 2.75) is 26.8 Å². The summed E-state index contributed by atoms with van der Waals surface area (Å²) >= 11 is 0. The molecule has 1 heterocycles. The Kier molecular flexibility index (Phi) is 4.97. The zero-order valence-corrected chi connectivity index (χ0v) is 10.4. The van der Waals surface area contributed by atoms with E-state index in [9.17, 15) is 4.79 Å². The van der Waals surface area contributed by atoms with Gasteiger partial charge in [0, 0.05) is 6.08 Å². The van der Waals surface area contributed by atoms with Crippen molar-refractivity contribution in [3.8, 4) is 0 Å². The van der Waals surface area contributed by atoms with Gasteiger partial charge in [0.1, 0.15) is 11.5 Å². The van der Waals surface area contributed by atoms with Crippen LogP contribution in [0.25, 0.3) is 6.08 Å². The molecule has 0 fully saturated rings. The molecule has 0 aliphatic rings.